The first-order valence-electron chi connectivity index (χ1n) is 8.82. The molecule has 0 aliphatic heterocycles. The zero-order chi connectivity index (χ0) is 20.9. The molecule has 7 heteroatoms. The highest BCUT2D eigenvalue weighted by Crippen LogP contribution is 2.23. The largest absolute Gasteiger partial charge is 0.497 e. The van der Waals surface area contributed by atoms with Crippen LogP contribution in [0.4, 0.5) is 5.69 Å². The van der Waals surface area contributed by atoms with E-state index in [1.54, 1.807) is 12.1 Å². The minimum absolute atomic E-state index is 0.0215. The first-order valence-corrected chi connectivity index (χ1v) is 10.3. The fourth-order valence-electron chi connectivity index (χ4n) is 3.00. The van der Waals surface area contributed by atoms with E-state index in [0.29, 0.717) is 11.4 Å². The van der Waals surface area contributed by atoms with Crippen LogP contribution in [-0.4, -0.2) is 38.8 Å². The molecule has 1 amide bonds. The van der Waals surface area contributed by atoms with E-state index >= 15 is 0 Å². The summed E-state index contributed by atoms with van der Waals surface area (Å²) in [5, 5.41) is 2.84. The fourth-order valence-corrected chi connectivity index (χ4v) is 4.37. The van der Waals surface area contributed by atoms with Crippen molar-refractivity contribution < 1.29 is 17.9 Å². The van der Waals surface area contributed by atoms with Gasteiger partial charge in [-0.2, -0.15) is 4.31 Å². The Kier molecular flexibility index (Phi) is 6.99. The molecule has 6 nitrogen and oxygen atoms in total. The van der Waals surface area contributed by atoms with Gasteiger partial charge in [0.1, 0.15) is 5.75 Å². The Balaban J connectivity index is 2.24. The third-order valence-electron chi connectivity index (χ3n) is 4.29. The molecule has 0 unspecified atom stereocenters. The lowest BCUT2D eigenvalue weighted by atomic mass is 10.1. The average Bonchev–Trinajstić information content (AvgIpc) is 2.64. The van der Waals surface area contributed by atoms with Gasteiger partial charge in [-0.25, -0.2) is 8.42 Å². The van der Waals surface area contributed by atoms with Crippen LogP contribution in [0.5, 0.6) is 5.75 Å². The first-order chi connectivity index (χ1) is 13.2. The van der Waals surface area contributed by atoms with Crippen LogP contribution < -0.4 is 10.1 Å². The average molecular weight is 403 g/mol. The molecule has 150 valence electrons. The summed E-state index contributed by atoms with van der Waals surface area (Å²) in [5.41, 5.74) is 3.66. The SMILES string of the molecule is C=CCN(CC(=O)Nc1c(C)cc(C)cc1C)S(=O)(=O)c1ccc(OC)cc1. The van der Waals surface area contributed by atoms with Crippen molar-refractivity contribution in [3.8, 4) is 5.75 Å². The number of methoxy groups -OCH3 is 1. The second-order valence-electron chi connectivity index (χ2n) is 6.58. The molecule has 2 aromatic carbocycles. The minimum atomic E-state index is -3.86. The van der Waals surface area contributed by atoms with E-state index in [-0.39, 0.29) is 18.0 Å². The molecule has 0 atom stereocenters. The van der Waals surface area contributed by atoms with Crippen molar-refractivity contribution in [1.82, 2.24) is 4.31 Å². The number of hydrogen-bond acceptors (Lipinski definition) is 4. The third kappa shape index (κ3) is 4.99. The van der Waals surface area contributed by atoms with E-state index in [4.69, 9.17) is 4.74 Å². The number of nitrogens with one attached hydrogen (secondary N) is 1. The number of benzene rings is 2. The Morgan fingerprint density at radius 2 is 1.71 bits per heavy atom. The Morgan fingerprint density at radius 3 is 2.21 bits per heavy atom. The second-order valence-corrected chi connectivity index (χ2v) is 8.52. The highest BCUT2D eigenvalue weighted by molar-refractivity contribution is 7.89. The van der Waals surface area contributed by atoms with Crippen LogP contribution in [0.2, 0.25) is 0 Å². The van der Waals surface area contributed by atoms with Crippen LogP contribution in [0.1, 0.15) is 16.7 Å². The zero-order valence-corrected chi connectivity index (χ0v) is 17.5. The van der Waals surface area contributed by atoms with Gasteiger partial charge in [0.25, 0.3) is 0 Å². The summed E-state index contributed by atoms with van der Waals surface area (Å²) in [6.45, 7) is 9.12. The van der Waals surface area contributed by atoms with E-state index in [2.05, 4.69) is 11.9 Å². The van der Waals surface area contributed by atoms with E-state index < -0.39 is 15.9 Å². The van der Waals surface area contributed by atoms with Crippen LogP contribution in [0.15, 0.2) is 53.9 Å². The molecular weight excluding hydrogens is 376 g/mol. The molecule has 0 bridgehead atoms. The molecule has 0 heterocycles. The topological polar surface area (TPSA) is 75.7 Å². The van der Waals surface area contributed by atoms with Gasteiger partial charge in [0.15, 0.2) is 0 Å². The molecule has 0 spiro atoms. The number of nitrogens with zero attached hydrogens (tertiary/aromatic N) is 1. The van der Waals surface area contributed by atoms with Gasteiger partial charge in [-0.1, -0.05) is 23.8 Å². The summed E-state index contributed by atoms with van der Waals surface area (Å²) < 4.78 is 32.0. The predicted octanol–water partition coefficient (Wildman–Crippen LogP) is 3.44. The minimum Gasteiger partial charge on any atom is -0.497 e. The molecule has 0 fully saturated rings. The quantitative estimate of drug-likeness (QED) is 0.687. The molecule has 0 radical (unpaired) electrons. The molecule has 0 aliphatic rings. The number of sulfonamides is 1. The summed E-state index contributed by atoms with van der Waals surface area (Å²) in [7, 11) is -2.35. The molecule has 2 aromatic rings. The van der Waals surface area contributed by atoms with Crippen molar-refractivity contribution in [3.63, 3.8) is 0 Å². The predicted molar refractivity (Wildman–Crippen MR) is 111 cm³/mol. The van der Waals surface area contributed by atoms with Crippen LogP contribution in [0.3, 0.4) is 0 Å². The van der Waals surface area contributed by atoms with Crippen LogP contribution in [0, 0.1) is 20.8 Å². The molecule has 2 rings (SSSR count). The van der Waals surface area contributed by atoms with E-state index in [9.17, 15) is 13.2 Å². The standard InChI is InChI=1S/C21H26N2O4S/c1-6-11-23(28(25,26)19-9-7-18(27-5)8-10-19)14-20(24)22-21-16(3)12-15(2)13-17(21)4/h6-10,12-13H,1,11,14H2,2-5H3,(H,22,24). The summed E-state index contributed by atoms with van der Waals surface area (Å²) in [5.74, 6) is 0.145. The van der Waals surface area contributed by atoms with Crippen molar-refractivity contribution in [1.29, 1.82) is 0 Å². The summed E-state index contributed by atoms with van der Waals surface area (Å²) >= 11 is 0. The van der Waals surface area contributed by atoms with Gasteiger partial charge < -0.3 is 10.1 Å². The van der Waals surface area contributed by atoms with Gasteiger partial charge in [0, 0.05) is 12.2 Å². The summed E-state index contributed by atoms with van der Waals surface area (Å²) in [4.78, 5) is 12.7. The zero-order valence-electron chi connectivity index (χ0n) is 16.7. The lowest BCUT2D eigenvalue weighted by Crippen LogP contribution is -2.38. The van der Waals surface area contributed by atoms with E-state index in [0.717, 1.165) is 21.0 Å². The van der Waals surface area contributed by atoms with Crippen LogP contribution >= 0.6 is 0 Å². The maximum atomic E-state index is 12.9. The lowest BCUT2D eigenvalue weighted by molar-refractivity contribution is -0.116. The van der Waals surface area contributed by atoms with Gasteiger partial charge in [0.05, 0.1) is 18.6 Å². The van der Waals surface area contributed by atoms with Gasteiger partial charge in [-0.05, 0) is 56.2 Å². The number of anilines is 1. The molecule has 0 aromatic heterocycles. The fraction of sp³-hybridized carbons (Fsp3) is 0.286. The first kappa shape index (κ1) is 21.7. The Morgan fingerprint density at radius 1 is 1.14 bits per heavy atom. The third-order valence-corrected chi connectivity index (χ3v) is 6.12. The molecule has 0 saturated carbocycles. The highest BCUT2D eigenvalue weighted by Gasteiger charge is 2.26. The smallest absolute Gasteiger partial charge is 0.243 e. The van der Waals surface area contributed by atoms with E-state index in [1.807, 2.05) is 32.9 Å². The van der Waals surface area contributed by atoms with Crippen LogP contribution in [-0.2, 0) is 14.8 Å². The number of carbonyl (C=O) groups excluding carboxylic acids is 1. The van der Waals surface area contributed by atoms with Crippen LogP contribution in [0.25, 0.3) is 0 Å². The molecule has 0 aliphatic carbocycles. The number of carbonyl (C=O) groups is 1. The van der Waals surface area contributed by atoms with Crippen molar-refractivity contribution >= 4 is 21.6 Å². The number of rotatable bonds is 8. The molecular formula is C21H26N2O4S. The van der Waals surface area contributed by atoms with Crippen molar-refractivity contribution in [2.75, 3.05) is 25.5 Å². The number of ether oxygens (including phenoxy) is 1. The lowest BCUT2D eigenvalue weighted by Gasteiger charge is -2.21. The number of amides is 1. The molecule has 0 saturated heterocycles. The van der Waals surface area contributed by atoms with Gasteiger partial charge >= 0.3 is 0 Å². The van der Waals surface area contributed by atoms with Crippen molar-refractivity contribution in [3.05, 3.63) is 65.7 Å². The maximum Gasteiger partial charge on any atom is 0.243 e. The Bertz CT molecular complexity index is 943. The Labute approximate surface area is 166 Å². The number of hydrogen-bond donors (Lipinski definition) is 1. The van der Waals surface area contributed by atoms with Crippen molar-refractivity contribution in [2.24, 2.45) is 0 Å². The summed E-state index contributed by atoms with van der Waals surface area (Å²) in [6.07, 6.45) is 1.46. The normalized spacial score (nSPS) is 11.3. The Hall–Kier alpha value is -2.64. The maximum absolute atomic E-state index is 12.9. The van der Waals surface area contributed by atoms with E-state index in [1.165, 1.54) is 25.3 Å². The second kappa shape index (κ2) is 9.03. The monoisotopic (exact) mass is 402 g/mol. The number of aryl methyl sites for hydroxylation is 3. The van der Waals surface area contributed by atoms with Gasteiger partial charge in [0.2, 0.25) is 15.9 Å². The molecule has 28 heavy (non-hydrogen) atoms. The highest BCUT2D eigenvalue weighted by atomic mass is 32.2. The summed E-state index contributed by atoms with van der Waals surface area (Å²) in [6, 6.07) is 9.99. The molecule has 1 N–H and O–H groups in total. The van der Waals surface area contributed by atoms with Gasteiger partial charge in [-0.15, -0.1) is 6.58 Å². The van der Waals surface area contributed by atoms with Gasteiger partial charge in [-0.3, -0.25) is 4.79 Å². The van der Waals surface area contributed by atoms with Crippen molar-refractivity contribution in [2.45, 2.75) is 25.7 Å².